The summed E-state index contributed by atoms with van der Waals surface area (Å²) in [5, 5.41) is 3.18. The number of carbonyl (C=O) groups is 1. The molecule has 30 heavy (non-hydrogen) atoms. The molecule has 0 aliphatic rings. The molecule has 0 saturated heterocycles. The molecule has 0 spiro atoms. The molecule has 0 bridgehead atoms. The van der Waals surface area contributed by atoms with Crippen LogP contribution in [0, 0.1) is 6.92 Å². The molecule has 0 unspecified atom stereocenters. The number of anilines is 1. The summed E-state index contributed by atoms with van der Waals surface area (Å²) in [6, 6.07) is 20.5. The van der Waals surface area contributed by atoms with Gasteiger partial charge < -0.3 is 5.32 Å². The summed E-state index contributed by atoms with van der Waals surface area (Å²) in [5.74, 6) is -0.428. The molecule has 3 rings (SSSR count). The van der Waals surface area contributed by atoms with E-state index in [2.05, 4.69) is 21.2 Å². The molecule has 0 aliphatic heterocycles. The molecule has 3 aromatic rings. The summed E-state index contributed by atoms with van der Waals surface area (Å²) in [5.41, 5.74) is 2.39. The first kappa shape index (κ1) is 22.5. The van der Waals surface area contributed by atoms with Gasteiger partial charge in [0.1, 0.15) is 0 Å². The average Bonchev–Trinajstić information content (AvgIpc) is 2.69. The van der Waals surface area contributed by atoms with Crippen LogP contribution in [0.15, 0.2) is 82.2 Å². The summed E-state index contributed by atoms with van der Waals surface area (Å²) in [6.45, 7) is 1.68. The molecule has 8 heteroatoms. The lowest BCUT2D eigenvalue weighted by Gasteiger charge is -2.22. The Hall–Kier alpha value is -2.19. The van der Waals surface area contributed by atoms with Crippen molar-refractivity contribution in [2.75, 3.05) is 11.9 Å². The number of halogens is 2. The molecule has 156 valence electrons. The second kappa shape index (κ2) is 9.75. The second-order valence-corrected chi connectivity index (χ2v) is 10.1. The number of amides is 1. The quantitative estimate of drug-likeness (QED) is 0.475. The van der Waals surface area contributed by atoms with Crippen LogP contribution in [0.2, 0.25) is 5.02 Å². The zero-order chi connectivity index (χ0) is 21.7. The predicted molar refractivity (Wildman–Crippen MR) is 123 cm³/mol. The molecule has 0 atom stereocenters. The predicted octanol–water partition coefficient (Wildman–Crippen LogP) is 5.24. The van der Waals surface area contributed by atoms with Gasteiger partial charge in [-0.05, 0) is 61.0 Å². The molecule has 0 radical (unpaired) electrons. The van der Waals surface area contributed by atoms with E-state index in [0.717, 1.165) is 15.6 Å². The van der Waals surface area contributed by atoms with Crippen molar-refractivity contribution in [3.05, 3.63) is 93.4 Å². The van der Waals surface area contributed by atoms with Crippen molar-refractivity contribution >= 4 is 49.1 Å². The van der Waals surface area contributed by atoms with Crippen molar-refractivity contribution < 1.29 is 13.2 Å². The first-order valence-electron chi connectivity index (χ1n) is 9.11. The van der Waals surface area contributed by atoms with Crippen molar-refractivity contribution in [3.8, 4) is 0 Å². The van der Waals surface area contributed by atoms with Crippen molar-refractivity contribution in [2.24, 2.45) is 0 Å². The highest BCUT2D eigenvalue weighted by molar-refractivity contribution is 9.10. The van der Waals surface area contributed by atoms with E-state index in [9.17, 15) is 13.2 Å². The Kier molecular flexibility index (Phi) is 7.31. The molecule has 5 nitrogen and oxygen atoms in total. The van der Waals surface area contributed by atoms with Gasteiger partial charge in [0.2, 0.25) is 15.9 Å². The smallest absolute Gasteiger partial charge is 0.243 e. The number of nitrogens with one attached hydrogen (secondary N) is 1. The van der Waals surface area contributed by atoms with Crippen LogP contribution in [0.25, 0.3) is 0 Å². The largest absolute Gasteiger partial charge is 0.325 e. The van der Waals surface area contributed by atoms with Gasteiger partial charge in [-0.15, -0.1) is 0 Å². The molecule has 0 saturated carbocycles. The van der Waals surface area contributed by atoms with Gasteiger partial charge in [0.15, 0.2) is 0 Å². The Morgan fingerprint density at radius 2 is 1.70 bits per heavy atom. The van der Waals surface area contributed by atoms with Crippen molar-refractivity contribution in [3.63, 3.8) is 0 Å². The van der Waals surface area contributed by atoms with Gasteiger partial charge in [-0.1, -0.05) is 57.4 Å². The fraction of sp³-hybridized carbons (Fsp3) is 0.136. The van der Waals surface area contributed by atoms with E-state index in [4.69, 9.17) is 11.6 Å². The molecular formula is C22H20BrClN2O3S. The van der Waals surface area contributed by atoms with Crippen LogP contribution < -0.4 is 5.32 Å². The van der Waals surface area contributed by atoms with Crippen LogP contribution in [-0.4, -0.2) is 25.2 Å². The number of hydrogen-bond donors (Lipinski definition) is 1. The maximum atomic E-state index is 13.3. The molecule has 0 aromatic heterocycles. The first-order chi connectivity index (χ1) is 14.2. The fourth-order valence-electron chi connectivity index (χ4n) is 2.89. The summed E-state index contributed by atoms with van der Waals surface area (Å²) >= 11 is 9.24. The maximum Gasteiger partial charge on any atom is 0.243 e. The van der Waals surface area contributed by atoms with Crippen LogP contribution in [0.3, 0.4) is 0 Å². The van der Waals surface area contributed by atoms with E-state index in [1.165, 1.54) is 28.6 Å². The van der Waals surface area contributed by atoms with Gasteiger partial charge in [0.25, 0.3) is 0 Å². The van der Waals surface area contributed by atoms with Crippen molar-refractivity contribution in [1.82, 2.24) is 4.31 Å². The standard InChI is InChI=1S/C22H20BrClN2O3S/c1-16-3-2-4-17(13-16)14-26(30(28,29)21-11-7-19(24)8-12-21)15-22(27)25-20-9-5-18(23)6-10-20/h2-13H,14-15H2,1H3,(H,25,27). The number of rotatable bonds is 7. The summed E-state index contributed by atoms with van der Waals surface area (Å²) in [4.78, 5) is 12.7. The Morgan fingerprint density at radius 1 is 1.03 bits per heavy atom. The number of aryl methyl sites for hydroxylation is 1. The number of sulfonamides is 1. The van der Waals surface area contributed by atoms with Gasteiger partial charge in [-0.2, -0.15) is 4.31 Å². The molecule has 1 N–H and O–H groups in total. The average molecular weight is 508 g/mol. The number of carbonyl (C=O) groups excluding carboxylic acids is 1. The second-order valence-electron chi connectivity index (χ2n) is 6.77. The highest BCUT2D eigenvalue weighted by atomic mass is 79.9. The molecule has 3 aromatic carbocycles. The van der Waals surface area contributed by atoms with Crippen LogP contribution in [0.4, 0.5) is 5.69 Å². The van der Waals surface area contributed by atoms with E-state index in [0.29, 0.717) is 10.7 Å². The van der Waals surface area contributed by atoms with Crippen LogP contribution in [0.1, 0.15) is 11.1 Å². The Bertz CT molecular complexity index is 1130. The lowest BCUT2D eigenvalue weighted by Crippen LogP contribution is -2.37. The molecule has 0 fully saturated rings. The van der Waals surface area contributed by atoms with E-state index < -0.39 is 15.9 Å². The Labute approximate surface area is 189 Å². The third-order valence-electron chi connectivity index (χ3n) is 4.34. The van der Waals surface area contributed by atoms with Gasteiger partial charge in [0.05, 0.1) is 11.4 Å². The minimum absolute atomic E-state index is 0.0698. The fourth-order valence-corrected chi connectivity index (χ4v) is 4.66. The molecular weight excluding hydrogens is 488 g/mol. The minimum Gasteiger partial charge on any atom is -0.325 e. The van der Waals surface area contributed by atoms with E-state index in [-0.39, 0.29) is 18.0 Å². The van der Waals surface area contributed by atoms with Crippen LogP contribution in [0.5, 0.6) is 0 Å². The first-order valence-corrected chi connectivity index (χ1v) is 11.7. The SMILES string of the molecule is Cc1cccc(CN(CC(=O)Nc2ccc(Br)cc2)S(=O)(=O)c2ccc(Cl)cc2)c1. The number of nitrogens with zero attached hydrogens (tertiary/aromatic N) is 1. The Balaban J connectivity index is 1.87. The zero-order valence-corrected chi connectivity index (χ0v) is 19.3. The lowest BCUT2D eigenvalue weighted by atomic mass is 10.1. The van der Waals surface area contributed by atoms with E-state index in [1.807, 2.05) is 31.2 Å². The van der Waals surface area contributed by atoms with E-state index in [1.54, 1.807) is 24.3 Å². The minimum atomic E-state index is -3.92. The van der Waals surface area contributed by atoms with Crippen molar-refractivity contribution in [1.29, 1.82) is 0 Å². The van der Waals surface area contributed by atoms with Gasteiger partial charge in [0, 0.05) is 21.7 Å². The van der Waals surface area contributed by atoms with Gasteiger partial charge in [-0.3, -0.25) is 4.79 Å². The highest BCUT2D eigenvalue weighted by Crippen LogP contribution is 2.21. The number of benzene rings is 3. The maximum absolute atomic E-state index is 13.3. The third kappa shape index (κ3) is 5.92. The van der Waals surface area contributed by atoms with E-state index >= 15 is 0 Å². The molecule has 1 amide bonds. The topological polar surface area (TPSA) is 66.5 Å². The third-order valence-corrected chi connectivity index (χ3v) is 6.93. The van der Waals surface area contributed by atoms with Crippen LogP contribution >= 0.6 is 27.5 Å². The normalized spacial score (nSPS) is 11.5. The van der Waals surface area contributed by atoms with Crippen molar-refractivity contribution in [2.45, 2.75) is 18.4 Å². The number of hydrogen-bond acceptors (Lipinski definition) is 3. The summed E-state index contributed by atoms with van der Waals surface area (Å²) in [6.07, 6.45) is 0. The Morgan fingerprint density at radius 3 is 2.33 bits per heavy atom. The monoisotopic (exact) mass is 506 g/mol. The van der Waals surface area contributed by atoms with Gasteiger partial charge >= 0.3 is 0 Å². The zero-order valence-electron chi connectivity index (χ0n) is 16.2. The highest BCUT2D eigenvalue weighted by Gasteiger charge is 2.27. The molecule has 0 heterocycles. The summed E-state index contributed by atoms with van der Waals surface area (Å²) < 4.78 is 28.6. The summed E-state index contributed by atoms with van der Waals surface area (Å²) in [7, 11) is -3.92. The lowest BCUT2D eigenvalue weighted by molar-refractivity contribution is -0.116. The molecule has 0 aliphatic carbocycles. The van der Waals surface area contributed by atoms with Crippen LogP contribution in [-0.2, 0) is 21.4 Å². The van der Waals surface area contributed by atoms with Gasteiger partial charge in [-0.25, -0.2) is 8.42 Å².